The van der Waals surface area contributed by atoms with Crippen LogP contribution in [0.2, 0.25) is 0 Å². The fraction of sp³-hybridized carbons (Fsp3) is 0.444. The minimum atomic E-state index is -1.33. The lowest BCUT2D eigenvalue weighted by Crippen LogP contribution is -2.47. The van der Waals surface area contributed by atoms with Gasteiger partial charge in [-0.2, -0.15) is 0 Å². The molecule has 0 saturated heterocycles. The van der Waals surface area contributed by atoms with Gasteiger partial charge in [0.25, 0.3) is 0 Å². The number of benzene rings is 1. The molecular weight excluding hydrogens is 248 g/mol. The fourth-order valence-electron chi connectivity index (χ4n) is 2.63. The molecule has 0 aliphatic heterocycles. The average Bonchev–Trinajstić information content (AvgIpc) is 2.52. The third kappa shape index (κ3) is 2.95. The van der Waals surface area contributed by atoms with E-state index in [9.17, 15) is 5.11 Å². The van der Waals surface area contributed by atoms with Gasteiger partial charge in [0.05, 0.1) is 13.2 Å². The molecule has 0 spiro atoms. The number of terminal acetylenes is 1. The molecule has 0 fully saturated rings. The monoisotopic (exact) mass is 272 g/mol. The molecule has 0 aliphatic rings. The van der Waals surface area contributed by atoms with E-state index in [1.165, 1.54) is 0 Å². The van der Waals surface area contributed by atoms with Gasteiger partial charge in [-0.05, 0) is 18.4 Å². The zero-order valence-electron chi connectivity index (χ0n) is 12.4. The van der Waals surface area contributed by atoms with Crippen molar-refractivity contribution in [1.82, 2.24) is 0 Å². The molecule has 0 aromatic heterocycles. The largest absolute Gasteiger partial charge is 0.377 e. The van der Waals surface area contributed by atoms with Crippen LogP contribution in [0.3, 0.4) is 0 Å². The van der Waals surface area contributed by atoms with Crippen LogP contribution >= 0.6 is 0 Å². The Balaban J connectivity index is 3.21. The molecule has 2 heteroatoms. The van der Waals surface area contributed by atoms with Gasteiger partial charge in [0, 0.05) is 5.41 Å². The van der Waals surface area contributed by atoms with Crippen molar-refractivity contribution in [3.8, 4) is 12.3 Å². The van der Waals surface area contributed by atoms with Crippen LogP contribution in [0.25, 0.3) is 0 Å². The minimum Gasteiger partial charge on any atom is -0.377 e. The Morgan fingerprint density at radius 1 is 1.30 bits per heavy atom. The highest BCUT2D eigenvalue weighted by atomic mass is 16.5. The second-order valence-corrected chi connectivity index (χ2v) is 5.01. The Kier molecular flexibility index (Phi) is 6.01. The maximum absolute atomic E-state index is 11.2. The van der Waals surface area contributed by atoms with E-state index < -0.39 is 11.0 Å². The molecule has 2 nitrogen and oxygen atoms in total. The quantitative estimate of drug-likeness (QED) is 0.446. The summed E-state index contributed by atoms with van der Waals surface area (Å²) in [6, 6.07) is 9.42. The summed E-state index contributed by atoms with van der Waals surface area (Å²) >= 11 is 0. The van der Waals surface area contributed by atoms with Crippen LogP contribution in [0, 0.1) is 17.8 Å². The lowest BCUT2D eigenvalue weighted by Gasteiger charge is -2.43. The first-order valence-corrected chi connectivity index (χ1v) is 7.04. The van der Waals surface area contributed by atoms with Crippen LogP contribution in [0.1, 0.15) is 32.3 Å². The first-order chi connectivity index (χ1) is 9.60. The Morgan fingerprint density at radius 3 is 2.35 bits per heavy atom. The Hall–Kier alpha value is -1.56. The minimum absolute atomic E-state index is 0.404. The second-order valence-electron chi connectivity index (χ2n) is 5.01. The SMILES string of the molecule is C#CC(O)(c1ccccc1)C(CC)(CC)COCC=C. The molecule has 0 saturated carbocycles. The van der Waals surface area contributed by atoms with Crippen LogP contribution in [0.15, 0.2) is 43.0 Å². The summed E-state index contributed by atoms with van der Waals surface area (Å²) < 4.78 is 5.63. The predicted molar refractivity (Wildman–Crippen MR) is 83.2 cm³/mol. The highest BCUT2D eigenvalue weighted by Gasteiger charge is 2.48. The first kappa shape index (κ1) is 16.5. The lowest BCUT2D eigenvalue weighted by atomic mass is 9.65. The van der Waals surface area contributed by atoms with E-state index >= 15 is 0 Å². The molecule has 1 unspecified atom stereocenters. The summed E-state index contributed by atoms with van der Waals surface area (Å²) in [5, 5.41) is 11.2. The molecule has 0 bridgehead atoms. The van der Waals surface area contributed by atoms with Crippen molar-refractivity contribution in [2.45, 2.75) is 32.3 Å². The molecule has 108 valence electrons. The summed E-state index contributed by atoms with van der Waals surface area (Å²) in [7, 11) is 0. The molecule has 0 radical (unpaired) electrons. The van der Waals surface area contributed by atoms with Crippen molar-refractivity contribution in [3.63, 3.8) is 0 Å². The number of hydrogen-bond acceptors (Lipinski definition) is 2. The summed E-state index contributed by atoms with van der Waals surface area (Å²) in [6.45, 7) is 8.57. The van der Waals surface area contributed by atoms with Gasteiger partial charge in [0.1, 0.15) is 0 Å². The Labute approximate surface area is 122 Å². The van der Waals surface area contributed by atoms with Crippen LogP contribution in [-0.4, -0.2) is 18.3 Å². The first-order valence-electron chi connectivity index (χ1n) is 7.04. The van der Waals surface area contributed by atoms with E-state index in [4.69, 9.17) is 11.2 Å². The molecule has 1 aromatic carbocycles. The van der Waals surface area contributed by atoms with E-state index in [1.54, 1.807) is 6.08 Å². The smallest absolute Gasteiger partial charge is 0.158 e. The molecule has 1 rings (SSSR count). The average molecular weight is 272 g/mol. The van der Waals surface area contributed by atoms with Gasteiger partial charge in [0.15, 0.2) is 5.60 Å². The summed E-state index contributed by atoms with van der Waals surface area (Å²) in [6.07, 6.45) is 8.87. The van der Waals surface area contributed by atoms with E-state index in [0.29, 0.717) is 13.2 Å². The van der Waals surface area contributed by atoms with Crippen molar-refractivity contribution in [2.24, 2.45) is 5.41 Å². The third-order valence-electron chi connectivity index (χ3n) is 4.14. The normalized spacial score (nSPS) is 14.3. The molecule has 0 amide bonds. The van der Waals surface area contributed by atoms with Crippen LogP contribution < -0.4 is 0 Å². The standard InChI is InChI=1S/C18H24O2/c1-5-14-20-15-17(6-2,7-3)18(19,8-4)16-12-10-9-11-13-16/h4-5,9-13,19H,1,6-7,14-15H2,2-3H3. The zero-order chi connectivity index (χ0) is 15.1. The van der Waals surface area contributed by atoms with Crippen molar-refractivity contribution in [3.05, 3.63) is 48.6 Å². The van der Waals surface area contributed by atoms with Crippen LogP contribution in [-0.2, 0) is 10.3 Å². The zero-order valence-corrected chi connectivity index (χ0v) is 12.4. The molecule has 1 aromatic rings. The van der Waals surface area contributed by atoms with Gasteiger partial charge >= 0.3 is 0 Å². The molecule has 20 heavy (non-hydrogen) atoms. The predicted octanol–water partition coefficient (Wildman–Crippen LogP) is 3.52. The highest BCUT2D eigenvalue weighted by molar-refractivity contribution is 5.34. The summed E-state index contributed by atoms with van der Waals surface area (Å²) in [4.78, 5) is 0. The molecule has 1 N–H and O–H groups in total. The van der Waals surface area contributed by atoms with E-state index in [0.717, 1.165) is 18.4 Å². The highest BCUT2D eigenvalue weighted by Crippen LogP contribution is 2.45. The number of rotatable bonds is 8. The second kappa shape index (κ2) is 7.28. The topological polar surface area (TPSA) is 29.5 Å². The summed E-state index contributed by atoms with van der Waals surface area (Å²) in [5.41, 5.74) is -1.10. The van der Waals surface area contributed by atoms with Gasteiger partial charge in [0.2, 0.25) is 0 Å². The van der Waals surface area contributed by atoms with Crippen LogP contribution in [0.5, 0.6) is 0 Å². The van der Waals surface area contributed by atoms with Crippen molar-refractivity contribution in [1.29, 1.82) is 0 Å². The van der Waals surface area contributed by atoms with E-state index in [2.05, 4.69) is 12.5 Å². The van der Waals surface area contributed by atoms with Gasteiger partial charge in [-0.3, -0.25) is 0 Å². The lowest BCUT2D eigenvalue weighted by molar-refractivity contribution is -0.0929. The molecular formula is C18H24O2. The number of ether oxygens (including phenoxy) is 1. The van der Waals surface area contributed by atoms with Crippen molar-refractivity contribution >= 4 is 0 Å². The molecule has 0 heterocycles. The maximum atomic E-state index is 11.2. The van der Waals surface area contributed by atoms with Gasteiger partial charge in [-0.15, -0.1) is 13.0 Å². The number of hydrogen-bond donors (Lipinski definition) is 1. The van der Waals surface area contributed by atoms with E-state index in [1.807, 2.05) is 44.2 Å². The molecule has 0 aliphatic carbocycles. The molecule has 1 atom stereocenters. The van der Waals surface area contributed by atoms with Crippen molar-refractivity contribution in [2.75, 3.05) is 13.2 Å². The third-order valence-corrected chi connectivity index (χ3v) is 4.14. The summed E-state index contributed by atoms with van der Waals surface area (Å²) in [5.74, 6) is 2.61. The van der Waals surface area contributed by atoms with E-state index in [-0.39, 0.29) is 0 Å². The van der Waals surface area contributed by atoms with Gasteiger partial charge in [-0.25, -0.2) is 0 Å². The van der Waals surface area contributed by atoms with Gasteiger partial charge < -0.3 is 9.84 Å². The van der Waals surface area contributed by atoms with Crippen LogP contribution in [0.4, 0.5) is 0 Å². The van der Waals surface area contributed by atoms with Gasteiger partial charge in [-0.1, -0.05) is 56.2 Å². The maximum Gasteiger partial charge on any atom is 0.158 e. The Morgan fingerprint density at radius 2 is 1.90 bits per heavy atom. The fourth-order valence-corrected chi connectivity index (χ4v) is 2.63. The number of aliphatic hydroxyl groups is 1. The van der Waals surface area contributed by atoms with Crippen molar-refractivity contribution < 1.29 is 9.84 Å². The Bertz CT molecular complexity index is 454.